The topological polar surface area (TPSA) is 53.2 Å². The van der Waals surface area contributed by atoms with Crippen molar-refractivity contribution in [2.45, 2.75) is 6.92 Å². The third-order valence-corrected chi connectivity index (χ3v) is 1.63. The molecule has 0 unspecified atom stereocenters. The van der Waals surface area contributed by atoms with E-state index in [1.165, 1.54) is 6.08 Å². The Kier molecular flexibility index (Phi) is 3.57. The summed E-state index contributed by atoms with van der Waals surface area (Å²) in [7, 11) is 0. The van der Waals surface area contributed by atoms with Crippen molar-refractivity contribution in [2.24, 2.45) is 0 Å². The minimum Gasteiger partial charge on any atom is -0.504 e. The summed E-state index contributed by atoms with van der Waals surface area (Å²) in [4.78, 5) is 0. The first-order valence-corrected chi connectivity index (χ1v) is 4.30. The molecule has 0 aliphatic rings. The number of hydrogen-bond acceptors (Lipinski definition) is 3. The summed E-state index contributed by atoms with van der Waals surface area (Å²) < 4.78 is 5.19. The van der Waals surface area contributed by atoms with Crippen LogP contribution in [0.5, 0.6) is 11.5 Å². The summed E-state index contributed by atoms with van der Waals surface area (Å²) in [6.45, 7) is 2.34. The van der Waals surface area contributed by atoms with Crippen molar-refractivity contribution in [1.82, 2.24) is 0 Å². The molecule has 72 valence electrons. The predicted molar refractivity (Wildman–Crippen MR) is 53.9 cm³/mol. The summed E-state index contributed by atoms with van der Waals surface area (Å²) in [5.41, 5.74) is 0.827. The Hall–Kier alpha value is -1.95. The predicted octanol–water partition coefficient (Wildman–Crippen LogP) is 2.33. The fourth-order valence-corrected chi connectivity index (χ4v) is 1.04. The second kappa shape index (κ2) is 4.93. The van der Waals surface area contributed by atoms with Crippen LogP contribution in [0.15, 0.2) is 24.3 Å². The highest BCUT2D eigenvalue weighted by Crippen LogP contribution is 2.27. The van der Waals surface area contributed by atoms with Gasteiger partial charge < -0.3 is 9.84 Å². The number of nitrogens with zero attached hydrogens (tertiary/aromatic N) is 1. The maximum absolute atomic E-state index is 9.38. The number of nitriles is 1. The van der Waals surface area contributed by atoms with E-state index >= 15 is 0 Å². The van der Waals surface area contributed by atoms with Crippen LogP contribution in [-0.4, -0.2) is 11.7 Å². The normalized spacial score (nSPS) is 10.0. The van der Waals surface area contributed by atoms with Gasteiger partial charge in [0.15, 0.2) is 11.5 Å². The quantitative estimate of drug-likeness (QED) is 0.742. The van der Waals surface area contributed by atoms with Gasteiger partial charge in [0.2, 0.25) is 0 Å². The smallest absolute Gasteiger partial charge is 0.161 e. The molecular formula is C11H11NO2. The Bertz CT molecular complexity index is 377. The highest BCUT2D eigenvalue weighted by atomic mass is 16.5. The van der Waals surface area contributed by atoms with E-state index in [4.69, 9.17) is 10.00 Å². The zero-order valence-electron chi connectivity index (χ0n) is 7.90. The molecule has 0 atom stereocenters. The Balaban J connectivity index is 2.95. The van der Waals surface area contributed by atoms with Crippen molar-refractivity contribution in [3.8, 4) is 17.6 Å². The van der Waals surface area contributed by atoms with Crippen LogP contribution in [-0.2, 0) is 0 Å². The molecule has 0 fully saturated rings. The van der Waals surface area contributed by atoms with Crippen LogP contribution in [0.4, 0.5) is 0 Å². The summed E-state index contributed by atoms with van der Waals surface area (Å²) in [5.74, 6) is 0.550. The van der Waals surface area contributed by atoms with Crippen LogP contribution in [0.3, 0.4) is 0 Å². The summed E-state index contributed by atoms with van der Waals surface area (Å²) in [6.07, 6.45) is 3.03. The molecule has 1 aromatic carbocycles. The van der Waals surface area contributed by atoms with Crippen LogP contribution in [0.2, 0.25) is 0 Å². The molecule has 0 amide bonds. The molecule has 0 bridgehead atoms. The molecule has 1 aromatic rings. The van der Waals surface area contributed by atoms with Gasteiger partial charge in [-0.15, -0.1) is 0 Å². The van der Waals surface area contributed by atoms with Gasteiger partial charge in [0.1, 0.15) is 0 Å². The Morgan fingerprint density at radius 2 is 2.36 bits per heavy atom. The molecule has 1 rings (SSSR count). The Labute approximate surface area is 82.9 Å². The zero-order chi connectivity index (χ0) is 10.4. The van der Waals surface area contributed by atoms with Crippen molar-refractivity contribution < 1.29 is 9.84 Å². The third kappa shape index (κ3) is 2.53. The molecule has 3 heteroatoms. The molecule has 14 heavy (non-hydrogen) atoms. The highest BCUT2D eigenvalue weighted by Gasteiger charge is 2.00. The van der Waals surface area contributed by atoms with Gasteiger partial charge in [-0.25, -0.2) is 0 Å². The van der Waals surface area contributed by atoms with Crippen molar-refractivity contribution in [2.75, 3.05) is 6.61 Å². The lowest BCUT2D eigenvalue weighted by Crippen LogP contribution is -1.91. The fourth-order valence-electron chi connectivity index (χ4n) is 1.04. The van der Waals surface area contributed by atoms with E-state index < -0.39 is 0 Å². The molecule has 0 spiro atoms. The lowest BCUT2D eigenvalue weighted by molar-refractivity contribution is 0.318. The van der Waals surface area contributed by atoms with E-state index in [0.717, 1.165) is 5.56 Å². The van der Waals surface area contributed by atoms with E-state index in [2.05, 4.69) is 0 Å². The second-order valence-electron chi connectivity index (χ2n) is 2.62. The van der Waals surface area contributed by atoms with Crippen molar-refractivity contribution in [3.63, 3.8) is 0 Å². The van der Waals surface area contributed by atoms with Crippen LogP contribution in [0.1, 0.15) is 12.5 Å². The first-order chi connectivity index (χ1) is 6.77. The van der Waals surface area contributed by atoms with Crippen LogP contribution in [0.25, 0.3) is 6.08 Å². The number of phenols is 1. The average Bonchev–Trinajstić information content (AvgIpc) is 2.19. The maximum Gasteiger partial charge on any atom is 0.161 e. The first-order valence-electron chi connectivity index (χ1n) is 4.30. The van der Waals surface area contributed by atoms with Gasteiger partial charge in [0, 0.05) is 6.08 Å². The van der Waals surface area contributed by atoms with Gasteiger partial charge in [-0.05, 0) is 30.7 Å². The molecule has 0 aliphatic carbocycles. The summed E-state index contributed by atoms with van der Waals surface area (Å²) in [5, 5.41) is 17.7. The molecule has 0 radical (unpaired) electrons. The SMILES string of the molecule is CCOc1cc(/C=C/C#N)ccc1O. The monoisotopic (exact) mass is 189 g/mol. The Morgan fingerprint density at radius 1 is 1.57 bits per heavy atom. The average molecular weight is 189 g/mol. The molecule has 0 heterocycles. The number of phenolic OH excluding ortho intramolecular Hbond substituents is 1. The van der Waals surface area contributed by atoms with Crippen molar-refractivity contribution >= 4 is 6.08 Å². The van der Waals surface area contributed by atoms with Crippen LogP contribution < -0.4 is 4.74 Å². The molecular weight excluding hydrogens is 178 g/mol. The minimum atomic E-state index is 0.112. The van der Waals surface area contributed by atoms with Gasteiger partial charge in [0.05, 0.1) is 12.7 Å². The lowest BCUT2D eigenvalue weighted by atomic mass is 10.2. The molecule has 0 aliphatic heterocycles. The molecule has 0 saturated carbocycles. The molecule has 0 aromatic heterocycles. The van der Waals surface area contributed by atoms with Crippen molar-refractivity contribution in [3.05, 3.63) is 29.8 Å². The number of ether oxygens (including phenoxy) is 1. The fraction of sp³-hybridized carbons (Fsp3) is 0.182. The van der Waals surface area contributed by atoms with E-state index in [-0.39, 0.29) is 5.75 Å². The maximum atomic E-state index is 9.38. The number of hydrogen-bond donors (Lipinski definition) is 1. The standard InChI is InChI=1S/C11H11NO2/c1-2-14-11-8-9(4-3-7-12)5-6-10(11)13/h3-6,8,13H,2H2,1H3/b4-3+. The second-order valence-corrected chi connectivity index (χ2v) is 2.62. The van der Waals surface area contributed by atoms with Crippen LogP contribution >= 0.6 is 0 Å². The van der Waals surface area contributed by atoms with E-state index in [1.807, 2.05) is 13.0 Å². The van der Waals surface area contributed by atoms with Crippen LogP contribution in [0, 0.1) is 11.3 Å². The van der Waals surface area contributed by atoms with E-state index in [1.54, 1.807) is 24.3 Å². The minimum absolute atomic E-state index is 0.112. The van der Waals surface area contributed by atoms with E-state index in [0.29, 0.717) is 12.4 Å². The number of benzene rings is 1. The van der Waals surface area contributed by atoms with Gasteiger partial charge in [-0.1, -0.05) is 6.07 Å². The Morgan fingerprint density at radius 3 is 3.00 bits per heavy atom. The van der Waals surface area contributed by atoms with Crippen molar-refractivity contribution in [1.29, 1.82) is 5.26 Å². The van der Waals surface area contributed by atoms with Gasteiger partial charge in [-0.3, -0.25) is 0 Å². The van der Waals surface area contributed by atoms with E-state index in [9.17, 15) is 5.11 Å². The first kappa shape index (κ1) is 10.1. The molecule has 0 saturated heterocycles. The largest absolute Gasteiger partial charge is 0.504 e. The number of allylic oxidation sites excluding steroid dienone is 1. The summed E-state index contributed by atoms with van der Waals surface area (Å²) >= 11 is 0. The summed E-state index contributed by atoms with van der Waals surface area (Å²) in [6, 6.07) is 6.84. The van der Waals surface area contributed by atoms with Gasteiger partial charge in [-0.2, -0.15) is 5.26 Å². The highest BCUT2D eigenvalue weighted by molar-refractivity contribution is 5.56. The zero-order valence-corrected chi connectivity index (χ0v) is 7.90. The lowest BCUT2D eigenvalue weighted by Gasteiger charge is -2.05. The van der Waals surface area contributed by atoms with Gasteiger partial charge in [0.25, 0.3) is 0 Å². The molecule has 1 N–H and O–H groups in total. The van der Waals surface area contributed by atoms with Gasteiger partial charge >= 0.3 is 0 Å². The molecule has 3 nitrogen and oxygen atoms in total. The third-order valence-electron chi connectivity index (χ3n) is 1.63. The number of aromatic hydroxyl groups is 1. The number of rotatable bonds is 3.